The Morgan fingerprint density at radius 3 is 2.24 bits per heavy atom. The number of thiophene rings is 1. The predicted molar refractivity (Wildman–Crippen MR) is 112 cm³/mol. The van der Waals surface area contributed by atoms with Crippen LogP contribution in [-0.2, 0) is 0 Å². The minimum atomic E-state index is -0.791. The molecule has 0 unspecified atom stereocenters. The summed E-state index contributed by atoms with van der Waals surface area (Å²) in [6.07, 6.45) is 0. The van der Waals surface area contributed by atoms with Gasteiger partial charge in [0.05, 0.1) is 5.69 Å². The molecule has 29 heavy (non-hydrogen) atoms. The van der Waals surface area contributed by atoms with E-state index in [4.69, 9.17) is 4.74 Å². The summed E-state index contributed by atoms with van der Waals surface area (Å²) in [4.78, 5) is 40.8. The molecule has 0 spiro atoms. The Balaban J connectivity index is 1.81. The lowest BCUT2D eigenvalue weighted by Gasteiger charge is -2.12. The number of benzene rings is 2. The van der Waals surface area contributed by atoms with Gasteiger partial charge in [-0.3, -0.25) is 4.98 Å². The molecule has 8 heteroatoms. The SMILES string of the molecule is Cc1ccc(-n2c(=O)[nH]c(=O)n(-c3ccc(Oc4ccccc4)c(C)c3)c2=O)s1. The number of aromatic amines is 1. The molecule has 0 fully saturated rings. The van der Waals surface area contributed by atoms with Crippen molar-refractivity contribution in [2.24, 2.45) is 0 Å². The van der Waals surface area contributed by atoms with E-state index in [0.29, 0.717) is 22.2 Å². The van der Waals surface area contributed by atoms with Crippen LogP contribution in [0.1, 0.15) is 10.4 Å². The van der Waals surface area contributed by atoms with Gasteiger partial charge in [0.1, 0.15) is 16.5 Å². The van der Waals surface area contributed by atoms with Gasteiger partial charge >= 0.3 is 17.1 Å². The fraction of sp³-hybridized carbons (Fsp3) is 0.0952. The molecule has 0 saturated carbocycles. The van der Waals surface area contributed by atoms with Crippen LogP contribution in [0.4, 0.5) is 0 Å². The molecule has 1 N–H and O–H groups in total. The molecule has 4 rings (SSSR count). The molecule has 0 amide bonds. The number of nitrogens with zero attached hydrogens (tertiary/aromatic N) is 2. The fourth-order valence-corrected chi connectivity index (χ4v) is 3.80. The van der Waals surface area contributed by atoms with Crippen LogP contribution in [0.3, 0.4) is 0 Å². The van der Waals surface area contributed by atoms with Gasteiger partial charge in [-0.15, -0.1) is 11.3 Å². The van der Waals surface area contributed by atoms with Crippen molar-refractivity contribution in [2.75, 3.05) is 0 Å². The molecule has 0 aliphatic heterocycles. The second-order valence-electron chi connectivity index (χ2n) is 6.44. The number of nitrogens with one attached hydrogen (secondary N) is 1. The van der Waals surface area contributed by atoms with Crippen LogP contribution >= 0.6 is 11.3 Å². The second-order valence-corrected chi connectivity index (χ2v) is 7.70. The zero-order valence-electron chi connectivity index (χ0n) is 15.7. The molecule has 4 aromatic rings. The molecule has 0 aliphatic carbocycles. The first-order valence-electron chi connectivity index (χ1n) is 8.83. The fourth-order valence-electron chi connectivity index (χ4n) is 2.94. The highest BCUT2D eigenvalue weighted by Crippen LogP contribution is 2.26. The lowest BCUT2D eigenvalue weighted by atomic mass is 10.2. The highest BCUT2D eigenvalue weighted by atomic mass is 32.1. The predicted octanol–water partition coefficient (Wildman–Crippen LogP) is 3.15. The van der Waals surface area contributed by atoms with Gasteiger partial charge in [0.2, 0.25) is 0 Å². The molecule has 146 valence electrons. The van der Waals surface area contributed by atoms with Gasteiger partial charge in [0.15, 0.2) is 0 Å². The van der Waals surface area contributed by atoms with E-state index in [0.717, 1.165) is 19.6 Å². The van der Waals surface area contributed by atoms with Gasteiger partial charge in [0, 0.05) is 4.88 Å². The van der Waals surface area contributed by atoms with Gasteiger partial charge in [-0.25, -0.2) is 23.5 Å². The summed E-state index contributed by atoms with van der Waals surface area (Å²) in [5, 5.41) is 0.447. The molecular weight excluding hydrogens is 390 g/mol. The highest BCUT2D eigenvalue weighted by Gasteiger charge is 2.15. The summed E-state index contributed by atoms with van der Waals surface area (Å²) in [5.74, 6) is 1.28. The van der Waals surface area contributed by atoms with E-state index in [9.17, 15) is 14.4 Å². The van der Waals surface area contributed by atoms with Crippen LogP contribution in [-0.4, -0.2) is 14.1 Å². The number of hydrogen-bond acceptors (Lipinski definition) is 5. The van der Waals surface area contributed by atoms with Gasteiger partial charge in [-0.2, -0.15) is 0 Å². The monoisotopic (exact) mass is 407 g/mol. The summed E-state index contributed by atoms with van der Waals surface area (Å²) < 4.78 is 7.75. The van der Waals surface area contributed by atoms with Gasteiger partial charge in [-0.05, 0) is 61.9 Å². The third kappa shape index (κ3) is 3.57. The number of aryl methyl sites for hydroxylation is 2. The zero-order chi connectivity index (χ0) is 20.5. The average Bonchev–Trinajstić information content (AvgIpc) is 3.10. The van der Waals surface area contributed by atoms with Crippen molar-refractivity contribution in [3.63, 3.8) is 0 Å². The van der Waals surface area contributed by atoms with Gasteiger partial charge in [-0.1, -0.05) is 18.2 Å². The molecule has 0 radical (unpaired) electrons. The van der Waals surface area contributed by atoms with Crippen LogP contribution in [0, 0.1) is 13.8 Å². The number of hydrogen-bond donors (Lipinski definition) is 1. The van der Waals surface area contributed by atoms with Crippen LogP contribution in [0.25, 0.3) is 10.7 Å². The molecular formula is C21H17N3O4S. The van der Waals surface area contributed by atoms with Gasteiger partial charge < -0.3 is 4.74 Å². The third-order valence-electron chi connectivity index (χ3n) is 4.34. The summed E-state index contributed by atoms with van der Waals surface area (Å²) in [6, 6.07) is 17.7. The number of rotatable bonds is 4. The summed E-state index contributed by atoms with van der Waals surface area (Å²) >= 11 is 1.29. The number of ether oxygens (including phenoxy) is 1. The number of para-hydroxylation sites is 1. The van der Waals surface area contributed by atoms with Crippen molar-refractivity contribution in [1.29, 1.82) is 0 Å². The lowest BCUT2D eigenvalue weighted by molar-refractivity contribution is 0.478. The molecule has 2 aromatic carbocycles. The van der Waals surface area contributed by atoms with Crippen molar-refractivity contribution in [3.8, 4) is 22.2 Å². The maximum atomic E-state index is 13.0. The van der Waals surface area contributed by atoms with Crippen LogP contribution < -0.4 is 21.8 Å². The molecule has 2 heterocycles. The second kappa shape index (κ2) is 7.40. The molecule has 0 saturated heterocycles. The Kier molecular flexibility index (Phi) is 4.77. The topological polar surface area (TPSA) is 86.1 Å². The number of aromatic nitrogens is 3. The normalized spacial score (nSPS) is 10.8. The Morgan fingerprint density at radius 1 is 0.862 bits per heavy atom. The maximum Gasteiger partial charge on any atom is 0.346 e. The van der Waals surface area contributed by atoms with E-state index in [1.807, 2.05) is 44.2 Å². The van der Waals surface area contributed by atoms with E-state index < -0.39 is 17.1 Å². The molecule has 0 atom stereocenters. The first-order chi connectivity index (χ1) is 13.9. The average molecular weight is 407 g/mol. The standard InChI is InChI=1S/C21H17N3O4S/c1-13-12-15(9-10-17(13)28-16-6-4-3-5-7-16)23-19(25)22-20(26)24(21(23)27)18-11-8-14(2)29-18/h3-12H,1-2H3,(H,22,25,26). The van der Waals surface area contributed by atoms with Crippen molar-refractivity contribution in [3.05, 3.63) is 103 Å². The Morgan fingerprint density at radius 2 is 1.59 bits per heavy atom. The Labute approximate surface area is 169 Å². The molecule has 7 nitrogen and oxygen atoms in total. The van der Waals surface area contributed by atoms with Crippen molar-refractivity contribution in [2.45, 2.75) is 13.8 Å². The van der Waals surface area contributed by atoms with Crippen molar-refractivity contribution < 1.29 is 4.74 Å². The Hall–Kier alpha value is -3.65. The quantitative estimate of drug-likeness (QED) is 0.563. The van der Waals surface area contributed by atoms with E-state index >= 15 is 0 Å². The van der Waals surface area contributed by atoms with E-state index in [1.165, 1.54) is 11.3 Å². The van der Waals surface area contributed by atoms with Crippen LogP contribution in [0.5, 0.6) is 11.5 Å². The van der Waals surface area contributed by atoms with Gasteiger partial charge in [0.25, 0.3) is 0 Å². The molecule has 0 aliphatic rings. The highest BCUT2D eigenvalue weighted by molar-refractivity contribution is 7.14. The summed E-state index contributed by atoms with van der Waals surface area (Å²) in [7, 11) is 0. The zero-order valence-corrected chi connectivity index (χ0v) is 16.5. The Bertz CT molecular complexity index is 1360. The summed E-state index contributed by atoms with van der Waals surface area (Å²) in [6.45, 7) is 3.69. The van der Waals surface area contributed by atoms with Crippen molar-refractivity contribution in [1.82, 2.24) is 14.1 Å². The first kappa shape index (κ1) is 18.7. The molecule has 0 bridgehead atoms. The van der Waals surface area contributed by atoms with E-state index in [2.05, 4.69) is 4.98 Å². The number of H-pyrrole nitrogens is 1. The van der Waals surface area contributed by atoms with E-state index in [-0.39, 0.29) is 0 Å². The minimum absolute atomic E-state index is 0.344. The maximum absolute atomic E-state index is 13.0. The third-order valence-corrected chi connectivity index (χ3v) is 5.32. The van der Waals surface area contributed by atoms with E-state index in [1.54, 1.807) is 30.3 Å². The summed E-state index contributed by atoms with van der Waals surface area (Å²) in [5.41, 5.74) is -1.20. The molecule has 2 aromatic heterocycles. The largest absolute Gasteiger partial charge is 0.457 e. The smallest absolute Gasteiger partial charge is 0.346 e. The minimum Gasteiger partial charge on any atom is -0.457 e. The van der Waals surface area contributed by atoms with Crippen LogP contribution in [0.15, 0.2) is 75.0 Å². The first-order valence-corrected chi connectivity index (χ1v) is 9.65. The van der Waals surface area contributed by atoms with Crippen molar-refractivity contribution >= 4 is 11.3 Å². The lowest BCUT2D eigenvalue weighted by Crippen LogP contribution is -2.47. The van der Waals surface area contributed by atoms with Crippen LogP contribution in [0.2, 0.25) is 0 Å².